The largest absolute Gasteiger partial charge is 0.522 e. The summed E-state index contributed by atoms with van der Waals surface area (Å²) >= 11 is 0. The fourth-order valence-corrected chi connectivity index (χ4v) is 3.33. The van der Waals surface area contributed by atoms with Gasteiger partial charge in [-0.15, -0.1) is 13.2 Å². The number of hydrogen-bond acceptors (Lipinski definition) is 4. The number of hydrogen-bond donors (Lipinski definition) is 1. The monoisotopic (exact) mass is 465 g/mol. The third kappa shape index (κ3) is 5.42. The Bertz CT molecular complexity index is 1210. The Labute approximate surface area is 171 Å². The summed E-state index contributed by atoms with van der Waals surface area (Å²) in [6, 6.07) is 9.04. The van der Waals surface area contributed by atoms with E-state index < -0.39 is 45.8 Å². The summed E-state index contributed by atoms with van der Waals surface area (Å²) in [4.78, 5) is -0.789. The maximum atomic E-state index is 14.2. The molecule has 0 fully saturated rings. The standard InChI is InChI=1S/C18H13F6N3O3S/c19-13-7-11(4-5-16(13)31(25,28)29)15-8-14(17(20)21)26-27(15)12-3-1-2-10(6-12)9-30-18(22,23)24/h1-8,17H,9H2,(H2,25,28,29). The third-order valence-corrected chi connectivity index (χ3v) is 4.99. The first-order valence-corrected chi connectivity index (χ1v) is 9.90. The zero-order valence-electron chi connectivity index (χ0n) is 15.3. The minimum absolute atomic E-state index is 0.0127. The van der Waals surface area contributed by atoms with Gasteiger partial charge in [0.05, 0.1) is 18.0 Å². The van der Waals surface area contributed by atoms with Gasteiger partial charge in [-0.05, 0) is 35.9 Å². The first-order valence-electron chi connectivity index (χ1n) is 8.36. The van der Waals surface area contributed by atoms with Crippen LogP contribution in [-0.4, -0.2) is 24.6 Å². The van der Waals surface area contributed by atoms with Crippen LogP contribution < -0.4 is 5.14 Å². The van der Waals surface area contributed by atoms with Gasteiger partial charge >= 0.3 is 6.36 Å². The van der Waals surface area contributed by atoms with Crippen molar-refractivity contribution >= 4 is 10.0 Å². The second kappa shape index (κ2) is 8.32. The van der Waals surface area contributed by atoms with E-state index in [1.54, 1.807) is 0 Å². The van der Waals surface area contributed by atoms with Crippen LogP contribution in [0.1, 0.15) is 17.7 Å². The highest BCUT2D eigenvalue weighted by molar-refractivity contribution is 7.89. The van der Waals surface area contributed by atoms with Gasteiger partial charge < -0.3 is 0 Å². The predicted molar refractivity (Wildman–Crippen MR) is 96.1 cm³/mol. The van der Waals surface area contributed by atoms with Crippen LogP contribution in [0.4, 0.5) is 26.3 Å². The summed E-state index contributed by atoms with van der Waals surface area (Å²) < 4.78 is 105. The first kappa shape index (κ1) is 22.8. The van der Waals surface area contributed by atoms with E-state index >= 15 is 0 Å². The molecule has 0 bridgehead atoms. The smallest absolute Gasteiger partial charge is 0.287 e. The number of benzene rings is 2. The third-order valence-electron chi connectivity index (χ3n) is 4.04. The number of primary sulfonamides is 1. The molecule has 1 aromatic heterocycles. The number of alkyl halides is 5. The lowest BCUT2D eigenvalue weighted by Gasteiger charge is -2.11. The molecule has 3 rings (SSSR count). The zero-order valence-corrected chi connectivity index (χ0v) is 16.1. The molecule has 13 heteroatoms. The van der Waals surface area contributed by atoms with Crippen LogP contribution >= 0.6 is 0 Å². The summed E-state index contributed by atoms with van der Waals surface area (Å²) in [5, 5.41) is 8.66. The van der Waals surface area contributed by atoms with E-state index in [9.17, 15) is 34.8 Å². The number of nitrogens with two attached hydrogens (primary N) is 1. The Morgan fingerprint density at radius 3 is 2.39 bits per heavy atom. The topological polar surface area (TPSA) is 87.2 Å². The number of rotatable bonds is 6. The summed E-state index contributed by atoms with van der Waals surface area (Å²) in [5.41, 5.74) is -0.570. The Morgan fingerprint density at radius 1 is 1.10 bits per heavy atom. The minimum atomic E-state index is -4.86. The van der Waals surface area contributed by atoms with Crippen molar-refractivity contribution in [3.05, 3.63) is 65.6 Å². The van der Waals surface area contributed by atoms with Gasteiger partial charge in [0.2, 0.25) is 10.0 Å². The highest BCUT2D eigenvalue weighted by atomic mass is 32.2. The van der Waals surface area contributed by atoms with E-state index in [1.807, 2.05) is 0 Å². The molecular formula is C18H13F6N3O3S. The molecule has 166 valence electrons. The average molecular weight is 465 g/mol. The average Bonchev–Trinajstić information content (AvgIpc) is 3.11. The van der Waals surface area contributed by atoms with Crippen LogP contribution in [0.15, 0.2) is 53.4 Å². The number of ether oxygens (including phenoxy) is 1. The molecule has 0 unspecified atom stereocenters. The number of nitrogens with zero attached hydrogens (tertiary/aromatic N) is 2. The van der Waals surface area contributed by atoms with Crippen LogP contribution in [0.3, 0.4) is 0 Å². The zero-order chi connectivity index (χ0) is 23.0. The van der Waals surface area contributed by atoms with Crippen molar-refractivity contribution < 1.29 is 39.5 Å². The van der Waals surface area contributed by atoms with Gasteiger partial charge in [-0.25, -0.2) is 31.4 Å². The normalized spacial score (nSPS) is 12.5. The molecule has 0 aliphatic carbocycles. The van der Waals surface area contributed by atoms with Gasteiger partial charge in [-0.3, -0.25) is 4.74 Å². The predicted octanol–water partition coefficient (Wildman–Crippen LogP) is 4.30. The van der Waals surface area contributed by atoms with Crippen molar-refractivity contribution in [2.45, 2.75) is 24.3 Å². The molecule has 0 spiro atoms. The number of aromatic nitrogens is 2. The molecule has 0 saturated carbocycles. The number of sulfonamides is 1. The molecule has 0 saturated heterocycles. The second-order valence-electron chi connectivity index (χ2n) is 6.26. The van der Waals surface area contributed by atoms with Gasteiger partial charge in [0.15, 0.2) is 0 Å². The van der Waals surface area contributed by atoms with Crippen LogP contribution in [0.5, 0.6) is 0 Å². The Kier molecular flexibility index (Phi) is 6.11. The van der Waals surface area contributed by atoms with Crippen molar-refractivity contribution in [3.63, 3.8) is 0 Å². The van der Waals surface area contributed by atoms with E-state index in [0.29, 0.717) is 0 Å². The maximum absolute atomic E-state index is 14.2. The Morgan fingerprint density at radius 2 is 1.81 bits per heavy atom. The maximum Gasteiger partial charge on any atom is 0.522 e. The molecule has 1 heterocycles. The van der Waals surface area contributed by atoms with Crippen LogP contribution in [0.2, 0.25) is 0 Å². The van der Waals surface area contributed by atoms with Crippen LogP contribution in [-0.2, 0) is 21.4 Å². The highest BCUT2D eigenvalue weighted by Gasteiger charge is 2.29. The fraction of sp³-hybridized carbons (Fsp3) is 0.167. The molecule has 3 aromatic rings. The van der Waals surface area contributed by atoms with E-state index in [0.717, 1.165) is 28.9 Å². The highest BCUT2D eigenvalue weighted by Crippen LogP contribution is 2.30. The Balaban J connectivity index is 2.08. The van der Waals surface area contributed by atoms with Crippen molar-refractivity contribution in [2.75, 3.05) is 0 Å². The van der Waals surface area contributed by atoms with Crippen molar-refractivity contribution in [1.29, 1.82) is 0 Å². The van der Waals surface area contributed by atoms with Gasteiger partial charge in [-0.2, -0.15) is 5.10 Å². The SMILES string of the molecule is NS(=O)(=O)c1ccc(-c2cc(C(F)F)nn2-c2cccc(COC(F)(F)F)c2)cc1F. The van der Waals surface area contributed by atoms with Crippen molar-refractivity contribution in [3.8, 4) is 16.9 Å². The summed E-state index contributed by atoms with van der Waals surface area (Å²) in [6.45, 7) is -0.826. The number of halogens is 6. The second-order valence-corrected chi connectivity index (χ2v) is 7.79. The fourth-order valence-electron chi connectivity index (χ4n) is 2.74. The molecule has 0 radical (unpaired) electrons. The molecule has 0 aliphatic rings. The van der Waals surface area contributed by atoms with Gasteiger partial charge in [0, 0.05) is 5.56 Å². The van der Waals surface area contributed by atoms with E-state index in [-0.39, 0.29) is 22.5 Å². The summed E-state index contributed by atoms with van der Waals surface area (Å²) in [7, 11) is -4.35. The van der Waals surface area contributed by atoms with Crippen LogP contribution in [0.25, 0.3) is 16.9 Å². The molecule has 2 N–H and O–H groups in total. The molecule has 2 aromatic carbocycles. The van der Waals surface area contributed by atoms with Crippen molar-refractivity contribution in [1.82, 2.24) is 9.78 Å². The Hall–Kier alpha value is -2.90. The van der Waals surface area contributed by atoms with Gasteiger partial charge in [0.1, 0.15) is 16.4 Å². The van der Waals surface area contributed by atoms with E-state index in [4.69, 9.17) is 5.14 Å². The van der Waals surface area contributed by atoms with E-state index in [1.165, 1.54) is 24.3 Å². The molecule has 0 amide bonds. The van der Waals surface area contributed by atoms with Gasteiger partial charge in [-0.1, -0.05) is 18.2 Å². The molecule has 0 aliphatic heterocycles. The molecule has 6 nitrogen and oxygen atoms in total. The lowest BCUT2D eigenvalue weighted by Crippen LogP contribution is -2.14. The quantitative estimate of drug-likeness (QED) is 0.550. The van der Waals surface area contributed by atoms with Gasteiger partial charge in [0.25, 0.3) is 6.43 Å². The lowest BCUT2D eigenvalue weighted by molar-refractivity contribution is -0.330. The summed E-state index contributed by atoms with van der Waals surface area (Å²) in [6.07, 6.45) is -7.86. The molecule has 31 heavy (non-hydrogen) atoms. The van der Waals surface area contributed by atoms with Crippen LogP contribution in [0, 0.1) is 5.82 Å². The lowest BCUT2D eigenvalue weighted by atomic mass is 10.1. The first-order chi connectivity index (χ1) is 14.3. The van der Waals surface area contributed by atoms with E-state index in [2.05, 4.69) is 9.84 Å². The minimum Gasteiger partial charge on any atom is -0.287 e. The molecular weight excluding hydrogens is 452 g/mol. The molecule has 0 atom stereocenters. The van der Waals surface area contributed by atoms with Crippen molar-refractivity contribution in [2.24, 2.45) is 5.14 Å². The summed E-state index contributed by atoms with van der Waals surface area (Å²) in [5.74, 6) is -1.21.